The number of hydrogen-bond donors (Lipinski definition) is 0. The molecule has 8 aromatic rings. The maximum Gasteiger partial charge on any atom is 0.149 e. The van der Waals surface area contributed by atoms with Crippen LogP contribution in [0.1, 0.15) is 77.0 Å². The van der Waals surface area contributed by atoms with E-state index in [1.807, 2.05) is 0 Å². The molecule has 0 saturated heterocycles. The summed E-state index contributed by atoms with van der Waals surface area (Å²) in [6.07, 6.45) is 0. The highest BCUT2D eigenvalue weighted by molar-refractivity contribution is 6.24. The molecule has 228 valence electrons. The third-order valence-electron chi connectivity index (χ3n) is 9.69. The van der Waals surface area contributed by atoms with E-state index in [1.165, 1.54) is 43.9 Å². The fourth-order valence-electron chi connectivity index (χ4n) is 7.25. The molecule has 0 aliphatic rings. The van der Waals surface area contributed by atoms with E-state index in [9.17, 15) is 0 Å². The molecule has 0 unspecified atom stereocenters. The van der Waals surface area contributed by atoms with Crippen LogP contribution in [-0.2, 0) is 5.41 Å². The average molecular weight is 601 g/mol. The lowest BCUT2D eigenvalue weighted by Gasteiger charge is -2.28. The summed E-state index contributed by atoms with van der Waals surface area (Å²) in [4.78, 5) is 5.36. The second-order valence-corrected chi connectivity index (χ2v) is 14.4. The van der Waals surface area contributed by atoms with Crippen LogP contribution in [0.3, 0.4) is 0 Å². The Morgan fingerprint density at radius 3 is 2.07 bits per heavy atom. The largest absolute Gasteiger partial charge is 0.455 e. The van der Waals surface area contributed by atoms with Crippen LogP contribution in [0, 0.1) is 0 Å². The number of nitrogens with zero attached hydrogens (tertiary/aromatic N) is 2. The van der Waals surface area contributed by atoms with Crippen molar-refractivity contribution in [2.75, 3.05) is 0 Å². The summed E-state index contributed by atoms with van der Waals surface area (Å²) in [5, 5.41) is 7.23. The van der Waals surface area contributed by atoms with Gasteiger partial charge in [0.25, 0.3) is 0 Å². The van der Waals surface area contributed by atoms with E-state index >= 15 is 0 Å². The van der Waals surface area contributed by atoms with Crippen molar-refractivity contribution >= 4 is 54.5 Å². The van der Waals surface area contributed by atoms with Gasteiger partial charge in [0, 0.05) is 10.8 Å². The summed E-state index contributed by atoms with van der Waals surface area (Å²) < 4.78 is 9.23. The quantitative estimate of drug-likeness (QED) is 0.188. The maximum atomic E-state index is 6.81. The Balaban J connectivity index is 1.48. The van der Waals surface area contributed by atoms with Gasteiger partial charge in [0.2, 0.25) is 0 Å². The van der Waals surface area contributed by atoms with E-state index in [2.05, 4.69) is 156 Å². The van der Waals surface area contributed by atoms with Gasteiger partial charge in [-0.25, -0.2) is 4.98 Å². The Labute approximate surface area is 270 Å². The lowest BCUT2D eigenvalue weighted by Crippen LogP contribution is -2.16. The van der Waals surface area contributed by atoms with Crippen molar-refractivity contribution in [1.82, 2.24) is 9.55 Å². The van der Waals surface area contributed by atoms with Crippen LogP contribution in [0.15, 0.2) is 108 Å². The van der Waals surface area contributed by atoms with Gasteiger partial charge in [-0.1, -0.05) is 127 Å². The van der Waals surface area contributed by atoms with Gasteiger partial charge in [0.05, 0.1) is 22.3 Å². The normalized spacial score (nSPS) is 12.6. The van der Waals surface area contributed by atoms with Crippen molar-refractivity contribution in [2.24, 2.45) is 0 Å². The van der Waals surface area contributed by atoms with Crippen molar-refractivity contribution in [3.8, 4) is 17.1 Å². The first-order valence-corrected chi connectivity index (χ1v) is 16.5. The maximum absolute atomic E-state index is 6.81. The first-order valence-electron chi connectivity index (χ1n) is 16.5. The van der Waals surface area contributed by atoms with Gasteiger partial charge in [-0.05, 0) is 79.8 Å². The Morgan fingerprint density at radius 1 is 0.652 bits per heavy atom. The van der Waals surface area contributed by atoms with Crippen molar-refractivity contribution in [1.29, 1.82) is 0 Å². The van der Waals surface area contributed by atoms with E-state index in [0.717, 1.165) is 44.4 Å². The van der Waals surface area contributed by atoms with Crippen LogP contribution in [0.5, 0.6) is 0 Å². The molecular weight excluding hydrogens is 560 g/mol. The summed E-state index contributed by atoms with van der Waals surface area (Å²) >= 11 is 0. The molecule has 0 N–H and O–H groups in total. The van der Waals surface area contributed by atoms with Crippen molar-refractivity contribution in [3.63, 3.8) is 0 Å². The van der Waals surface area contributed by atoms with Gasteiger partial charge in [-0.2, -0.15) is 0 Å². The molecule has 0 radical (unpaired) electrons. The predicted octanol–water partition coefficient (Wildman–Crippen LogP) is 12.4. The van der Waals surface area contributed by atoms with Gasteiger partial charge in [0.1, 0.15) is 17.0 Å². The molecule has 2 heterocycles. The zero-order chi connectivity index (χ0) is 31.9. The highest BCUT2D eigenvalue weighted by Crippen LogP contribution is 2.44. The number of imidazole rings is 1. The van der Waals surface area contributed by atoms with Gasteiger partial charge >= 0.3 is 0 Å². The second kappa shape index (κ2) is 10.3. The Morgan fingerprint density at radius 2 is 1.33 bits per heavy atom. The number of benzene rings is 6. The first kappa shape index (κ1) is 28.6. The Kier molecular flexibility index (Phi) is 6.41. The summed E-state index contributed by atoms with van der Waals surface area (Å²) in [5.74, 6) is 1.56. The fraction of sp³-hybridized carbons (Fsp3) is 0.233. The minimum absolute atomic E-state index is 0.0413. The van der Waals surface area contributed by atoms with E-state index < -0.39 is 0 Å². The Hall–Kier alpha value is -4.89. The van der Waals surface area contributed by atoms with Crippen LogP contribution in [0.25, 0.3) is 71.6 Å². The Bertz CT molecular complexity index is 2430. The number of rotatable bonds is 4. The number of furan rings is 1. The molecule has 0 spiro atoms. The summed E-state index contributed by atoms with van der Waals surface area (Å²) in [5.41, 5.74) is 10.2. The van der Waals surface area contributed by atoms with Crippen molar-refractivity contribution in [3.05, 3.63) is 120 Å². The SMILES string of the molecule is CC(C)c1cc(C(C)(C)C)cc(C(C)C)c1-n1c(-c2cccc3c2oc2ccc4c5ccccc5ccc4c23)nc2ccccc21. The topological polar surface area (TPSA) is 31.0 Å². The van der Waals surface area contributed by atoms with E-state index in [4.69, 9.17) is 9.40 Å². The molecule has 0 fully saturated rings. The molecular formula is C43H40N2O. The number of aromatic nitrogens is 2. The molecule has 2 aromatic heterocycles. The first-order chi connectivity index (χ1) is 22.1. The van der Waals surface area contributed by atoms with Crippen molar-refractivity contribution in [2.45, 2.75) is 65.7 Å². The third-order valence-corrected chi connectivity index (χ3v) is 9.69. The van der Waals surface area contributed by atoms with Crippen LogP contribution >= 0.6 is 0 Å². The average Bonchev–Trinajstić information content (AvgIpc) is 3.62. The smallest absolute Gasteiger partial charge is 0.149 e. The highest BCUT2D eigenvalue weighted by atomic mass is 16.3. The predicted molar refractivity (Wildman–Crippen MR) is 196 cm³/mol. The second-order valence-electron chi connectivity index (χ2n) is 14.4. The molecule has 0 aliphatic carbocycles. The molecule has 0 atom stereocenters. The van der Waals surface area contributed by atoms with Crippen LogP contribution < -0.4 is 0 Å². The molecule has 0 amide bonds. The number of hydrogen-bond acceptors (Lipinski definition) is 2. The minimum Gasteiger partial charge on any atom is -0.455 e. The summed E-state index contributed by atoms with van der Waals surface area (Å²) in [6.45, 7) is 16.2. The molecule has 0 saturated carbocycles. The standard InChI is InChI=1S/C43H40N2O/c1-25(2)34-23-28(43(5,6)7)24-35(26(3)4)40(34)45-37-18-11-10-17-36(37)44-42(45)33-16-12-15-32-39-31-20-19-27-13-8-9-14-29(27)30(31)21-22-38(39)46-41(32)33/h8-26H,1-7H3. The summed E-state index contributed by atoms with van der Waals surface area (Å²) in [6, 6.07) is 37.4. The zero-order valence-electron chi connectivity index (χ0n) is 27.8. The molecule has 3 heteroatoms. The van der Waals surface area contributed by atoms with Gasteiger partial charge in [-0.15, -0.1) is 0 Å². The molecule has 0 aliphatic heterocycles. The molecule has 6 aromatic carbocycles. The molecule has 0 bridgehead atoms. The molecule has 8 rings (SSSR count). The molecule has 46 heavy (non-hydrogen) atoms. The van der Waals surface area contributed by atoms with E-state index in [0.29, 0.717) is 11.8 Å². The van der Waals surface area contributed by atoms with Crippen LogP contribution in [-0.4, -0.2) is 9.55 Å². The molecule has 3 nitrogen and oxygen atoms in total. The number of para-hydroxylation sites is 3. The van der Waals surface area contributed by atoms with Gasteiger partial charge in [0.15, 0.2) is 0 Å². The van der Waals surface area contributed by atoms with Crippen LogP contribution in [0.4, 0.5) is 0 Å². The lowest BCUT2D eigenvalue weighted by atomic mass is 9.81. The highest BCUT2D eigenvalue weighted by Gasteiger charge is 2.27. The van der Waals surface area contributed by atoms with E-state index in [-0.39, 0.29) is 5.41 Å². The summed E-state index contributed by atoms with van der Waals surface area (Å²) in [7, 11) is 0. The van der Waals surface area contributed by atoms with Crippen molar-refractivity contribution < 1.29 is 4.42 Å². The van der Waals surface area contributed by atoms with E-state index in [1.54, 1.807) is 0 Å². The van der Waals surface area contributed by atoms with Gasteiger partial charge < -0.3 is 4.42 Å². The fourth-order valence-corrected chi connectivity index (χ4v) is 7.25. The van der Waals surface area contributed by atoms with Crippen LogP contribution in [0.2, 0.25) is 0 Å². The monoisotopic (exact) mass is 600 g/mol. The third kappa shape index (κ3) is 4.29. The zero-order valence-corrected chi connectivity index (χ0v) is 27.8. The lowest BCUT2D eigenvalue weighted by molar-refractivity contribution is 0.586. The minimum atomic E-state index is 0.0413. The van der Waals surface area contributed by atoms with Gasteiger partial charge in [-0.3, -0.25) is 4.57 Å². The number of fused-ring (bicyclic) bond motifs is 8.